The molecule has 0 spiro atoms. The third-order valence-corrected chi connectivity index (χ3v) is 10.2. The van der Waals surface area contributed by atoms with Gasteiger partial charge in [0.2, 0.25) is 0 Å². The number of ether oxygens (including phenoxy) is 8. The maximum Gasteiger partial charge on any atom is 0.306 e. The Morgan fingerprint density at radius 1 is 0.463 bits per heavy atom. The van der Waals surface area contributed by atoms with E-state index in [1.165, 1.54) is 6.92 Å². The second kappa shape index (κ2) is 40.3. The Labute approximate surface area is 400 Å². The van der Waals surface area contributed by atoms with E-state index in [0.29, 0.717) is 12.8 Å². The van der Waals surface area contributed by atoms with Crippen molar-refractivity contribution in [3.05, 3.63) is 72.9 Å². The van der Waals surface area contributed by atoms with Crippen LogP contribution in [0.2, 0.25) is 0 Å². The monoisotopic (exact) mass is 943 g/mol. The Hall–Kier alpha value is -4.82. The lowest BCUT2D eigenvalue weighted by Crippen LogP contribution is -2.63. The van der Waals surface area contributed by atoms with Crippen LogP contribution in [-0.2, 0) is 66.7 Å². The first-order valence-electron chi connectivity index (χ1n) is 24.5. The zero-order chi connectivity index (χ0) is 49.3. The second-order valence-electron chi connectivity index (χ2n) is 16.4. The Morgan fingerprint density at radius 3 is 1.39 bits per heavy atom. The topological polar surface area (TPSA) is 176 Å². The quantitative estimate of drug-likeness (QED) is 0.0249. The van der Waals surface area contributed by atoms with Gasteiger partial charge < -0.3 is 37.9 Å². The SMILES string of the molecule is CC/C=C\C/C=C\C/C=C\CCCCCCCC(=O)OC[C@H](CO[C@H]1O[C@H](COC(C)=O)[C@@H](OC(C)=O)[C@H](OC(C)=O)[C@@H]1OC(C)=O)OC(=O)CCCCCCC/C=C\C/C=C\C/C=C\CC. The first kappa shape index (κ1) is 60.2. The zero-order valence-corrected chi connectivity index (χ0v) is 41.4. The second-order valence-corrected chi connectivity index (χ2v) is 16.4. The van der Waals surface area contributed by atoms with Crippen LogP contribution in [0.5, 0.6) is 0 Å². The molecular formula is C53H82O14. The molecule has 0 radical (unpaired) electrons. The van der Waals surface area contributed by atoms with Crippen LogP contribution in [0.4, 0.5) is 0 Å². The molecule has 1 heterocycles. The Bertz CT molecular complexity index is 1580. The van der Waals surface area contributed by atoms with Gasteiger partial charge in [0, 0.05) is 40.5 Å². The zero-order valence-electron chi connectivity index (χ0n) is 41.4. The van der Waals surface area contributed by atoms with E-state index in [2.05, 4.69) is 86.8 Å². The highest BCUT2D eigenvalue weighted by Crippen LogP contribution is 2.30. The van der Waals surface area contributed by atoms with Gasteiger partial charge in [0.05, 0.1) is 6.61 Å². The summed E-state index contributed by atoms with van der Waals surface area (Å²) in [6.45, 7) is 7.62. The van der Waals surface area contributed by atoms with Crippen molar-refractivity contribution < 1.29 is 66.7 Å². The van der Waals surface area contributed by atoms with E-state index in [1.807, 2.05) is 0 Å². The van der Waals surface area contributed by atoms with E-state index in [-0.39, 0.29) is 19.4 Å². The third kappa shape index (κ3) is 33.3. The van der Waals surface area contributed by atoms with Crippen LogP contribution in [0, 0.1) is 0 Å². The van der Waals surface area contributed by atoms with Gasteiger partial charge in [-0.15, -0.1) is 0 Å². The number of allylic oxidation sites excluding steroid dienone is 12. The summed E-state index contributed by atoms with van der Waals surface area (Å²) >= 11 is 0. The maximum atomic E-state index is 13.1. The number of esters is 6. The highest BCUT2D eigenvalue weighted by molar-refractivity contribution is 5.70. The minimum absolute atomic E-state index is 0.132. The molecule has 0 amide bonds. The van der Waals surface area contributed by atoms with Crippen molar-refractivity contribution in [2.75, 3.05) is 19.8 Å². The molecule has 1 aliphatic rings. The molecule has 0 saturated carbocycles. The van der Waals surface area contributed by atoms with Crippen molar-refractivity contribution in [1.29, 1.82) is 0 Å². The van der Waals surface area contributed by atoms with E-state index in [1.54, 1.807) is 0 Å². The highest BCUT2D eigenvalue weighted by Gasteiger charge is 2.53. The summed E-state index contributed by atoms with van der Waals surface area (Å²) in [6.07, 6.45) is 35.4. The smallest absolute Gasteiger partial charge is 0.306 e. The van der Waals surface area contributed by atoms with Gasteiger partial charge in [-0.25, -0.2) is 0 Å². The lowest BCUT2D eigenvalue weighted by molar-refractivity contribution is -0.311. The molecular weight excluding hydrogens is 861 g/mol. The number of unbranched alkanes of at least 4 members (excludes halogenated alkanes) is 10. The molecule has 0 N–H and O–H groups in total. The van der Waals surface area contributed by atoms with E-state index in [4.69, 9.17) is 37.9 Å². The Kier molecular flexibility index (Phi) is 36.2. The number of carbonyl (C=O) groups excluding carboxylic acids is 6. The molecule has 0 bridgehead atoms. The summed E-state index contributed by atoms with van der Waals surface area (Å²) in [5.74, 6) is -3.99. The minimum atomic E-state index is -1.50. The number of hydrogen-bond donors (Lipinski definition) is 0. The predicted octanol–water partition coefficient (Wildman–Crippen LogP) is 10.7. The molecule has 67 heavy (non-hydrogen) atoms. The van der Waals surface area contributed by atoms with Crippen molar-refractivity contribution in [3.63, 3.8) is 0 Å². The fourth-order valence-electron chi connectivity index (χ4n) is 6.92. The summed E-state index contributed by atoms with van der Waals surface area (Å²) in [5.41, 5.74) is 0. The molecule has 1 fully saturated rings. The minimum Gasteiger partial charge on any atom is -0.463 e. The van der Waals surface area contributed by atoms with Gasteiger partial charge in [-0.2, -0.15) is 0 Å². The molecule has 0 aromatic carbocycles. The van der Waals surface area contributed by atoms with Gasteiger partial charge in [0.1, 0.15) is 19.3 Å². The summed E-state index contributed by atoms with van der Waals surface area (Å²) < 4.78 is 45.0. The van der Waals surface area contributed by atoms with Gasteiger partial charge in [-0.1, -0.05) is 125 Å². The highest BCUT2D eigenvalue weighted by atomic mass is 16.7. The molecule has 1 saturated heterocycles. The van der Waals surface area contributed by atoms with Gasteiger partial charge in [0.25, 0.3) is 0 Å². The summed E-state index contributed by atoms with van der Waals surface area (Å²) in [6, 6.07) is 0. The van der Waals surface area contributed by atoms with Crippen LogP contribution in [0.15, 0.2) is 72.9 Å². The van der Waals surface area contributed by atoms with Crippen molar-refractivity contribution in [1.82, 2.24) is 0 Å². The maximum absolute atomic E-state index is 13.1. The average molecular weight is 943 g/mol. The molecule has 378 valence electrons. The molecule has 6 atom stereocenters. The van der Waals surface area contributed by atoms with Gasteiger partial charge >= 0.3 is 35.8 Å². The molecule has 0 aromatic rings. The lowest BCUT2D eigenvalue weighted by Gasteiger charge is -2.44. The fraction of sp³-hybridized carbons (Fsp3) is 0.660. The normalized spacial score (nSPS) is 19.2. The Balaban J connectivity index is 2.87. The predicted molar refractivity (Wildman–Crippen MR) is 257 cm³/mol. The molecule has 1 aliphatic heterocycles. The van der Waals surface area contributed by atoms with Crippen LogP contribution in [0.25, 0.3) is 0 Å². The van der Waals surface area contributed by atoms with Crippen molar-refractivity contribution in [3.8, 4) is 0 Å². The largest absolute Gasteiger partial charge is 0.463 e. The summed E-state index contributed by atoms with van der Waals surface area (Å²) in [5, 5.41) is 0. The molecule has 0 unspecified atom stereocenters. The lowest BCUT2D eigenvalue weighted by atomic mass is 9.98. The van der Waals surface area contributed by atoms with Crippen LogP contribution in [0.1, 0.15) is 170 Å². The molecule has 0 aliphatic carbocycles. The number of hydrogen-bond acceptors (Lipinski definition) is 14. The van der Waals surface area contributed by atoms with Crippen molar-refractivity contribution >= 4 is 35.8 Å². The third-order valence-electron chi connectivity index (χ3n) is 10.2. The number of carbonyl (C=O) groups is 6. The molecule has 14 heteroatoms. The first-order valence-corrected chi connectivity index (χ1v) is 24.5. The van der Waals surface area contributed by atoms with Gasteiger partial charge in [0.15, 0.2) is 30.7 Å². The molecule has 0 aromatic heterocycles. The van der Waals surface area contributed by atoms with E-state index in [0.717, 1.165) is 124 Å². The standard InChI is InChI=1S/C53H82O14/c1-7-9-11-13-15-17-19-21-23-25-27-29-31-33-35-37-48(58)61-39-46(66-49(59)38-36-34-32-30-28-26-24-22-20-18-16-14-12-10-8-2)40-62-53-52(65-45(6)57)51(64-44(5)56)50(63-43(4)55)47(67-53)41-60-42(3)54/h9-12,15-18,21-24,46-47,50-53H,7-8,13-14,19-20,25-41H2,1-6H3/b11-9-,12-10-,17-15-,18-16-,23-21-,24-22-/t46-,47-,50-,51+,52+,53+/m1/s1. The van der Waals surface area contributed by atoms with Crippen molar-refractivity contribution in [2.24, 2.45) is 0 Å². The average Bonchev–Trinajstić information content (AvgIpc) is 3.27. The van der Waals surface area contributed by atoms with Crippen molar-refractivity contribution in [2.45, 2.75) is 207 Å². The van der Waals surface area contributed by atoms with Crippen LogP contribution in [0.3, 0.4) is 0 Å². The molecule has 14 nitrogen and oxygen atoms in total. The fourth-order valence-corrected chi connectivity index (χ4v) is 6.92. The summed E-state index contributed by atoms with van der Waals surface area (Å²) in [7, 11) is 0. The Morgan fingerprint density at radius 2 is 0.896 bits per heavy atom. The first-order chi connectivity index (χ1) is 32.4. The van der Waals surface area contributed by atoms with E-state index >= 15 is 0 Å². The van der Waals surface area contributed by atoms with E-state index in [9.17, 15) is 28.8 Å². The van der Waals surface area contributed by atoms with Gasteiger partial charge in [-0.3, -0.25) is 28.8 Å². The van der Waals surface area contributed by atoms with Gasteiger partial charge in [-0.05, 0) is 77.0 Å². The van der Waals surface area contributed by atoms with Crippen LogP contribution >= 0.6 is 0 Å². The molecule has 1 rings (SSSR count). The van der Waals surface area contributed by atoms with Crippen LogP contribution in [-0.4, -0.2) is 92.4 Å². The van der Waals surface area contributed by atoms with E-state index < -0.39 is 85.8 Å². The number of rotatable bonds is 37. The summed E-state index contributed by atoms with van der Waals surface area (Å²) in [4.78, 5) is 74.5. The van der Waals surface area contributed by atoms with Crippen LogP contribution < -0.4 is 0 Å².